The number of nitro benzene ring substituents is 1. The van der Waals surface area contributed by atoms with Crippen molar-refractivity contribution < 1.29 is 19.3 Å². The van der Waals surface area contributed by atoms with E-state index in [-0.39, 0.29) is 28.7 Å². The van der Waals surface area contributed by atoms with Gasteiger partial charge in [-0.3, -0.25) is 24.5 Å². The summed E-state index contributed by atoms with van der Waals surface area (Å²) >= 11 is 1.28. The third-order valence-electron chi connectivity index (χ3n) is 8.56. The Labute approximate surface area is 239 Å². The van der Waals surface area contributed by atoms with Gasteiger partial charge in [-0.25, -0.2) is 0 Å². The van der Waals surface area contributed by atoms with Crippen LogP contribution in [0.15, 0.2) is 96.4 Å². The predicted molar refractivity (Wildman–Crippen MR) is 156 cm³/mol. The van der Waals surface area contributed by atoms with Crippen LogP contribution in [0.3, 0.4) is 0 Å². The number of non-ortho nitro benzene ring substituents is 1. The zero-order valence-electron chi connectivity index (χ0n) is 21.8. The Bertz CT molecular complexity index is 1800. The molecule has 1 aromatic heterocycles. The Morgan fingerprint density at radius 1 is 0.951 bits per heavy atom. The van der Waals surface area contributed by atoms with Crippen molar-refractivity contribution in [3.63, 3.8) is 0 Å². The number of thiophene rings is 1. The summed E-state index contributed by atoms with van der Waals surface area (Å²) in [5, 5.41) is 16.1. The summed E-state index contributed by atoms with van der Waals surface area (Å²) in [6.07, 6.45) is 2.00. The normalized spacial score (nSPS) is 23.8. The Morgan fingerprint density at radius 3 is 2.41 bits per heavy atom. The maximum atomic E-state index is 14.6. The lowest BCUT2D eigenvalue weighted by Gasteiger charge is -2.39. The van der Waals surface area contributed by atoms with E-state index in [1.165, 1.54) is 35.6 Å². The Morgan fingerprint density at radius 2 is 1.68 bits per heavy atom. The summed E-state index contributed by atoms with van der Waals surface area (Å²) in [7, 11) is 0. The van der Waals surface area contributed by atoms with Gasteiger partial charge in [-0.1, -0.05) is 48.5 Å². The van der Waals surface area contributed by atoms with Gasteiger partial charge in [0.25, 0.3) is 5.69 Å². The third-order valence-corrected chi connectivity index (χ3v) is 9.45. The van der Waals surface area contributed by atoms with Crippen molar-refractivity contribution in [2.75, 3.05) is 10.2 Å². The fourth-order valence-corrected chi connectivity index (χ4v) is 7.58. The number of nitrogens with zero attached hydrogens (tertiary/aromatic N) is 2. The molecule has 0 radical (unpaired) electrons. The lowest BCUT2D eigenvalue weighted by atomic mass is 9.64. The minimum Gasteiger partial charge on any atom is -0.352 e. The van der Waals surface area contributed by atoms with Crippen molar-refractivity contribution >= 4 is 51.4 Å². The van der Waals surface area contributed by atoms with Crippen molar-refractivity contribution in [3.8, 4) is 0 Å². The lowest BCUT2D eigenvalue weighted by Crippen LogP contribution is -2.51. The van der Waals surface area contributed by atoms with Gasteiger partial charge in [0.05, 0.1) is 21.8 Å². The van der Waals surface area contributed by atoms with E-state index >= 15 is 0 Å². The highest BCUT2D eigenvalue weighted by atomic mass is 32.1. The molecule has 3 aromatic carbocycles. The van der Waals surface area contributed by atoms with Crippen LogP contribution in [-0.4, -0.2) is 34.5 Å². The highest BCUT2D eigenvalue weighted by molar-refractivity contribution is 7.12. The molecule has 41 heavy (non-hydrogen) atoms. The molecule has 1 amide bonds. The van der Waals surface area contributed by atoms with Crippen molar-refractivity contribution in [2.24, 2.45) is 5.92 Å². The van der Waals surface area contributed by atoms with Gasteiger partial charge in [0.2, 0.25) is 5.91 Å². The van der Waals surface area contributed by atoms with Crippen LogP contribution in [-0.2, 0) is 10.2 Å². The molecule has 3 aliphatic heterocycles. The SMILES string of the molecule is CC1=C[C@@H]2N(c3ccccc31)[C@H](C(=O)c1ccc([N+](=O)[O-])cc1)[C@@H](C(=O)c1cccs1)[C@]21C(=O)Nc2ccccc21. The number of carbonyl (C=O) groups is 3. The van der Waals surface area contributed by atoms with Crippen LogP contribution < -0.4 is 10.2 Å². The second-order valence-corrected chi connectivity index (χ2v) is 11.5. The molecule has 3 aliphatic rings. The molecule has 202 valence electrons. The maximum Gasteiger partial charge on any atom is 0.269 e. The van der Waals surface area contributed by atoms with E-state index in [1.807, 2.05) is 66.4 Å². The second-order valence-electron chi connectivity index (χ2n) is 10.5. The summed E-state index contributed by atoms with van der Waals surface area (Å²) < 4.78 is 0. The molecule has 4 atom stereocenters. The molecule has 1 spiro atoms. The Hall–Kier alpha value is -4.89. The number of amides is 1. The molecule has 9 heteroatoms. The predicted octanol–water partition coefficient (Wildman–Crippen LogP) is 5.90. The van der Waals surface area contributed by atoms with Crippen LogP contribution in [0.4, 0.5) is 17.1 Å². The number of nitro groups is 1. The largest absolute Gasteiger partial charge is 0.352 e. The van der Waals surface area contributed by atoms with Gasteiger partial charge in [0, 0.05) is 34.6 Å². The zero-order chi connectivity index (χ0) is 28.5. The van der Waals surface area contributed by atoms with E-state index in [1.54, 1.807) is 17.5 Å². The molecule has 0 bridgehead atoms. The molecule has 1 fully saturated rings. The number of hydrogen-bond donors (Lipinski definition) is 1. The summed E-state index contributed by atoms with van der Waals surface area (Å²) in [5.41, 5.74) is 2.62. The molecule has 0 saturated carbocycles. The van der Waals surface area contributed by atoms with Gasteiger partial charge in [-0.15, -0.1) is 11.3 Å². The van der Waals surface area contributed by atoms with E-state index in [4.69, 9.17) is 0 Å². The number of ketones is 2. The first-order chi connectivity index (χ1) is 19.8. The zero-order valence-corrected chi connectivity index (χ0v) is 22.6. The number of para-hydroxylation sites is 2. The summed E-state index contributed by atoms with van der Waals surface area (Å²) in [5.74, 6) is -2.07. The highest BCUT2D eigenvalue weighted by Gasteiger charge is 2.70. The van der Waals surface area contributed by atoms with Crippen molar-refractivity contribution in [1.82, 2.24) is 0 Å². The van der Waals surface area contributed by atoms with Gasteiger partial charge in [0.1, 0.15) is 11.5 Å². The number of anilines is 2. The number of hydrogen-bond acceptors (Lipinski definition) is 7. The van der Waals surface area contributed by atoms with Crippen molar-refractivity contribution in [2.45, 2.75) is 24.4 Å². The van der Waals surface area contributed by atoms with Crippen LogP contribution in [0.2, 0.25) is 0 Å². The fraction of sp³-hybridized carbons (Fsp3) is 0.156. The number of carbonyl (C=O) groups excluding carboxylic acids is 3. The molecular weight excluding hydrogens is 538 g/mol. The van der Waals surface area contributed by atoms with Gasteiger partial charge in [-0.2, -0.15) is 0 Å². The van der Waals surface area contributed by atoms with Crippen LogP contribution in [0.25, 0.3) is 5.57 Å². The first kappa shape index (κ1) is 25.1. The van der Waals surface area contributed by atoms with Crippen LogP contribution in [0.5, 0.6) is 0 Å². The summed E-state index contributed by atoms with van der Waals surface area (Å²) in [6, 6.07) is 22.3. The van der Waals surface area contributed by atoms with E-state index < -0.39 is 28.3 Å². The monoisotopic (exact) mass is 561 g/mol. The first-order valence-corrected chi connectivity index (χ1v) is 14.1. The van der Waals surface area contributed by atoms with Gasteiger partial charge in [-0.05, 0) is 53.8 Å². The van der Waals surface area contributed by atoms with E-state index in [0.29, 0.717) is 16.1 Å². The molecule has 7 rings (SSSR count). The maximum absolute atomic E-state index is 14.6. The quantitative estimate of drug-likeness (QED) is 0.185. The van der Waals surface area contributed by atoms with Crippen molar-refractivity contribution in [3.05, 3.63) is 128 Å². The third kappa shape index (κ3) is 3.42. The topological polar surface area (TPSA) is 110 Å². The van der Waals surface area contributed by atoms with Crippen molar-refractivity contribution in [1.29, 1.82) is 0 Å². The number of benzene rings is 3. The van der Waals surface area contributed by atoms with Gasteiger partial charge >= 0.3 is 0 Å². The van der Waals surface area contributed by atoms with Crippen LogP contribution in [0.1, 0.15) is 38.1 Å². The molecule has 0 aliphatic carbocycles. The van der Waals surface area contributed by atoms with Gasteiger partial charge in [0.15, 0.2) is 11.6 Å². The van der Waals surface area contributed by atoms with Gasteiger partial charge < -0.3 is 10.2 Å². The average molecular weight is 562 g/mol. The van der Waals surface area contributed by atoms with Crippen LogP contribution >= 0.6 is 11.3 Å². The standard InChI is InChI=1S/C32H23N3O5S/c1-18-17-26-32(22-8-3-4-9-23(22)33-31(32)38)27(30(37)25-11-6-16-41-25)28(34(26)24-10-5-2-7-21(18)24)29(36)19-12-14-20(15-13-19)35(39)40/h2-17,26-28H,1H3,(H,33,38)/t26-,27-,28-,32+/m0/s1. The average Bonchev–Trinajstić information content (AvgIpc) is 3.70. The Kier molecular flexibility index (Phi) is 5.55. The van der Waals surface area contributed by atoms with E-state index in [2.05, 4.69) is 5.32 Å². The number of rotatable bonds is 5. The number of nitrogens with one attached hydrogen (secondary N) is 1. The molecule has 4 heterocycles. The number of allylic oxidation sites excluding steroid dienone is 1. The highest BCUT2D eigenvalue weighted by Crippen LogP contribution is 2.59. The molecule has 1 saturated heterocycles. The molecule has 1 N–H and O–H groups in total. The molecule has 0 unspecified atom stereocenters. The van der Waals surface area contributed by atoms with E-state index in [9.17, 15) is 24.5 Å². The molecule has 4 aromatic rings. The second kappa shape index (κ2) is 9.07. The minimum atomic E-state index is -1.40. The Balaban J connectivity index is 1.53. The summed E-state index contributed by atoms with van der Waals surface area (Å²) in [6.45, 7) is 1.98. The fourth-order valence-electron chi connectivity index (χ4n) is 6.88. The lowest BCUT2D eigenvalue weighted by molar-refractivity contribution is -0.384. The molecular formula is C32H23N3O5S. The smallest absolute Gasteiger partial charge is 0.269 e. The first-order valence-electron chi connectivity index (χ1n) is 13.2. The van der Waals surface area contributed by atoms with E-state index in [0.717, 1.165) is 16.8 Å². The number of fused-ring (bicyclic) bond motifs is 6. The molecule has 8 nitrogen and oxygen atoms in total. The van der Waals surface area contributed by atoms with Crippen LogP contribution in [0, 0.1) is 16.0 Å². The number of Topliss-reactive ketones (excluding diaryl/α,β-unsaturated/α-hetero) is 2. The minimum absolute atomic E-state index is 0.139. The summed E-state index contributed by atoms with van der Waals surface area (Å²) in [4.78, 5) is 56.7.